The molecule has 148 valence electrons. The van der Waals surface area contributed by atoms with E-state index in [1.807, 2.05) is 4.90 Å². The zero-order chi connectivity index (χ0) is 18.9. The number of carbonyl (C=O) groups excluding carboxylic acids is 2. The van der Waals surface area contributed by atoms with Gasteiger partial charge in [0, 0.05) is 26.5 Å². The molecule has 8 heteroatoms. The van der Waals surface area contributed by atoms with Crippen LogP contribution in [0.25, 0.3) is 0 Å². The van der Waals surface area contributed by atoms with Crippen LogP contribution in [0.1, 0.15) is 51.9 Å². The molecule has 0 aliphatic carbocycles. The van der Waals surface area contributed by atoms with Crippen LogP contribution in [0.3, 0.4) is 0 Å². The summed E-state index contributed by atoms with van der Waals surface area (Å²) in [6.45, 7) is 3.35. The van der Waals surface area contributed by atoms with E-state index in [2.05, 4.69) is 17.2 Å². The van der Waals surface area contributed by atoms with Crippen LogP contribution in [-0.4, -0.2) is 72.2 Å². The summed E-state index contributed by atoms with van der Waals surface area (Å²) in [6.07, 6.45) is 8.47. The van der Waals surface area contributed by atoms with Gasteiger partial charge in [0.25, 0.3) is 5.91 Å². The first-order chi connectivity index (χ1) is 12.6. The average molecular weight is 385 g/mol. The molecule has 2 aliphatic heterocycles. The van der Waals surface area contributed by atoms with Gasteiger partial charge in [-0.25, -0.2) is 9.79 Å². The number of fused-ring (bicyclic) bond motifs is 1. The summed E-state index contributed by atoms with van der Waals surface area (Å²) < 4.78 is 5.19. The van der Waals surface area contributed by atoms with Crippen LogP contribution in [-0.2, 0) is 9.53 Å². The topological polar surface area (TPSA) is 74.2 Å². The van der Waals surface area contributed by atoms with E-state index in [4.69, 9.17) is 4.74 Å². The molecule has 0 aromatic heterocycles. The van der Waals surface area contributed by atoms with E-state index in [-0.39, 0.29) is 11.9 Å². The van der Waals surface area contributed by atoms with Crippen LogP contribution < -0.4 is 5.32 Å². The highest BCUT2D eigenvalue weighted by Gasteiger charge is 2.48. The Labute approximate surface area is 160 Å². The Balaban J connectivity index is 1.86. The lowest BCUT2D eigenvalue weighted by Crippen LogP contribution is -2.63. The molecule has 2 unspecified atom stereocenters. The maximum Gasteiger partial charge on any atom is 0.325 e. The molecule has 1 saturated heterocycles. The fourth-order valence-corrected chi connectivity index (χ4v) is 4.35. The number of thioether (sulfide) groups is 1. The Bertz CT molecular complexity index is 515. The predicted molar refractivity (Wildman–Crippen MR) is 105 cm³/mol. The van der Waals surface area contributed by atoms with Gasteiger partial charge in [0.1, 0.15) is 0 Å². The Hall–Kier alpha value is -1.28. The smallest absolute Gasteiger partial charge is 0.325 e. The highest BCUT2D eigenvalue weighted by Crippen LogP contribution is 2.28. The Kier molecular flexibility index (Phi) is 8.71. The Morgan fingerprint density at radius 2 is 1.85 bits per heavy atom. The second-order valence-corrected chi connectivity index (χ2v) is 7.89. The number of hydrogen-bond donors (Lipinski definition) is 1. The second kappa shape index (κ2) is 10.8. The number of aliphatic imine (C=N–C) groups is 1. The van der Waals surface area contributed by atoms with E-state index in [9.17, 15) is 9.59 Å². The highest BCUT2D eigenvalue weighted by atomic mass is 32.2. The summed E-state index contributed by atoms with van der Waals surface area (Å²) in [6, 6.07) is -0.839. The lowest BCUT2D eigenvalue weighted by Gasteiger charge is -2.36. The minimum Gasteiger partial charge on any atom is -0.383 e. The van der Waals surface area contributed by atoms with Gasteiger partial charge in [-0.15, -0.1) is 0 Å². The molecule has 2 aliphatic rings. The van der Waals surface area contributed by atoms with Crippen LogP contribution in [0.4, 0.5) is 4.79 Å². The van der Waals surface area contributed by atoms with E-state index in [1.54, 1.807) is 25.9 Å². The maximum atomic E-state index is 12.3. The predicted octanol–water partition coefficient (Wildman–Crippen LogP) is 2.66. The molecule has 2 atom stereocenters. The summed E-state index contributed by atoms with van der Waals surface area (Å²) in [5, 5.41) is 3.26. The van der Waals surface area contributed by atoms with Gasteiger partial charge < -0.3 is 14.5 Å². The number of nitrogens with zero attached hydrogens (tertiary/aromatic N) is 3. The fourth-order valence-electron chi connectivity index (χ4n) is 3.27. The number of urea groups is 1. The summed E-state index contributed by atoms with van der Waals surface area (Å²) >= 11 is 1.68. The zero-order valence-electron chi connectivity index (χ0n) is 16.2. The summed E-state index contributed by atoms with van der Waals surface area (Å²) in [5.74, 6) is 0.707. The molecular weight excluding hydrogens is 352 g/mol. The van der Waals surface area contributed by atoms with Gasteiger partial charge in [0.15, 0.2) is 17.4 Å². The second-order valence-electron chi connectivity index (χ2n) is 6.83. The molecule has 7 nitrogen and oxygen atoms in total. The number of unbranched alkanes of at least 4 members (excludes halogenated alkanes) is 6. The van der Waals surface area contributed by atoms with Gasteiger partial charge in [0.2, 0.25) is 0 Å². The number of hydrogen-bond acceptors (Lipinski definition) is 6. The van der Waals surface area contributed by atoms with Crippen LogP contribution >= 0.6 is 11.8 Å². The summed E-state index contributed by atoms with van der Waals surface area (Å²) in [5.41, 5.74) is 0. The molecule has 2 heterocycles. The molecular formula is C18H32N4O3S. The van der Waals surface area contributed by atoms with Crippen LogP contribution in [0, 0.1) is 0 Å². The number of imide groups is 1. The minimum atomic E-state index is -0.454. The molecule has 2 rings (SSSR count). The first kappa shape index (κ1) is 21.0. The summed E-state index contributed by atoms with van der Waals surface area (Å²) in [4.78, 5) is 32.4. The molecule has 1 fully saturated rings. The van der Waals surface area contributed by atoms with E-state index in [0.29, 0.717) is 13.2 Å². The SMILES string of the molecule is CCCCCCCCCSC1=NC2C(C(=O)NC(=O)N2C)N1CCOC. The van der Waals surface area contributed by atoms with Crippen molar-refractivity contribution in [2.75, 3.05) is 33.1 Å². The largest absolute Gasteiger partial charge is 0.383 e. The molecule has 0 saturated carbocycles. The van der Waals surface area contributed by atoms with Crippen molar-refractivity contribution in [3.05, 3.63) is 0 Å². The van der Waals surface area contributed by atoms with Crippen molar-refractivity contribution >= 4 is 28.9 Å². The number of amides is 3. The normalized spacial score (nSPS) is 22.5. The molecule has 1 N–H and O–H groups in total. The Morgan fingerprint density at radius 1 is 1.15 bits per heavy atom. The number of nitrogens with one attached hydrogen (secondary N) is 1. The first-order valence-corrected chi connectivity index (χ1v) is 10.6. The van der Waals surface area contributed by atoms with Crippen molar-refractivity contribution < 1.29 is 14.3 Å². The van der Waals surface area contributed by atoms with Gasteiger partial charge in [-0.3, -0.25) is 10.1 Å². The van der Waals surface area contributed by atoms with Gasteiger partial charge in [-0.2, -0.15) is 0 Å². The number of likely N-dealkylation sites (N-methyl/N-ethyl adjacent to an activating group) is 1. The Morgan fingerprint density at radius 3 is 2.54 bits per heavy atom. The summed E-state index contributed by atoms with van der Waals surface area (Å²) in [7, 11) is 3.33. The van der Waals surface area contributed by atoms with Crippen molar-refractivity contribution in [1.82, 2.24) is 15.1 Å². The highest BCUT2D eigenvalue weighted by molar-refractivity contribution is 8.13. The number of ether oxygens (including phenoxy) is 1. The van der Waals surface area contributed by atoms with Gasteiger partial charge in [-0.05, 0) is 6.42 Å². The van der Waals surface area contributed by atoms with E-state index >= 15 is 0 Å². The monoisotopic (exact) mass is 384 g/mol. The third-order valence-electron chi connectivity index (χ3n) is 4.84. The molecule has 0 spiro atoms. The van der Waals surface area contributed by atoms with Crippen LogP contribution in [0.2, 0.25) is 0 Å². The van der Waals surface area contributed by atoms with Gasteiger partial charge >= 0.3 is 6.03 Å². The number of methoxy groups -OCH3 is 1. The molecule has 0 aromatic rings. The molecule has 3 amide bonds. The van der Waals surface area contributed by atoms with Gasteiger partial charge in [-0.1, -0.05) is 57.2 Å². The van der Waals surface area contributed by atoms with Crippen molar-refractivity contribution in [2.24, 2.45) is 4.99 Å². The lowest BCUT2D eigenvalue weighted by molar-refractivity contribution is -0.127. The lowest BCUT2D eigenvalue weighted by atomic mass is 10.1. The standard InChI is InChI=1S/C18H32N4O3S/c1-4-5-6-7-8-9-10-13-26-18-19-15-14(22(18)11-12-25-3)16(23)20-17(24)21(15)2/h14-15H,4-13H2,1-3H3,(H,20,23,24). The quantitative estimate of drug-likeness (QED) is 0.554. The van der Waals surface area contributed by atoms with Crippen LogP contribution in [0.15, 0.2) is 4.99 Å². The number of amidine groups is 1. The van der Waals surface area contributed by atoms with Crippen molar-refractivity contribution in [2.45, 2.75) is 64.1 Å². The third-order valence-corrected chi connectivity index (χ3v) is 5.93. The van der Waals surface area contributed by atoms with Crippen molar-refractivity contribution in [3.63, 3.8) is 0 Å². The van der Waals surface area contributed by atoms with Gasteiger partial charge in [0.05, 0.1) is 6.61 Å². The third kappa shape index (κ3) is 5.36. The van der Waals surface area contributed by atoms with E-state index in [1.165, 1.54) is 43.4 Å². The average Bonchev–Trinajstić information content (AvgIpc) is 2.99. The fraction of sp³-hybridized carbons (Fsp3) is 0.833. The molecule has 0 aromatic carbocycles. The van der Waals surface area contributed by atoms with Crippen LogP contribution in [0.5, 0.6) is 0 Å². The maximum absolute atomic E-state index is 12.3. The number of carbonyl (C=O) groups is 2. The van der Waals surface area contributed by atoms with Crippen molar-refractivity contribution in [1.29, 1.82) is 0 Å². The molecule has 26 heavy (non-hydrogen) atoms. The molecule has 0 radical (unpaired) electrons. The zero-order valence-corrected chi connectivity index (χ0v) is 17.0. The van der Waals surface area contributed by atoms with E-state index in [0.717, 1.165) is 17.3 Å². The van der Waals surface area contributed by atoms with Crippen molar-refractivity contribution in [3.8, 4) is 0 Å². The first-order valence-electron chi connectivity index (χ1n) is 9.64. The number of rotatable bonds is 11. The molecule has 0 bridgehead atoms. The van der Waals surface area contributed by atoms with E-state index < -0.39 is 12.2 Å². The minimum absolute atomic E-state index is 0.274.